The molecule has 0 aliphatic carbocycles. The highest BCUT2D eigenvalue weighted by molar-refractivity contribution is 14.1. The molecule has 0 radical (unpaired) electrons. The van der Waals surface area contributed by atoms with Gasteiger partial charge in [0.05, 0.1) is 11.2 Å². The first kappa shape index (κ1) is 12.8. The minimum absolute atomic E-state index is 0.865. The van der Waals surface area contributed by atoms with Crippen LogP contribution in [-0.2, 0) is 13.1 Å². The van der Waals surface area contributed by atoms with Gasteiger partial charge in [0.25, 0.3) is 0 Å². The van der Waals surface area contributed by atoms with Gasteiger partial charge in [-0.3, -0.25) is 4.68 Å². The molecule has 17 heavy (non-hydrogen) atoms. The Kier molecular flexibility index (Phi) is 4.79. The second-order valence-electron chi connectivity index (χ2n) is 4.00. The van der Waals surface area contributed by atoms with Gasteiger partial charge in [-0.1, -0.05) is 40.8 Å². The van der Waals surface area contributed by atoms with E-state index in [1.54, 1.807) is 0 Å². The number of para-hydroxylation sites is 1. The number of hydrogen-bond acceptors (Lipinski definition) is 2. The van der Waals surface area contributed by atoms with E-state index in [2.05, 4.69) is 68.9 Å². The molecule has 0 saturated heterocycles. The molecule has 4 heteroatoms. The summed E-state index contributed by atoms with van der Waals surface area (Å²) in [4.78, 5) is 0. The van der Waals surface area contributed by atoms with Crippen molar-refractivity contribution in [1.82, 2.24) is 15.1 Å². The molecule has 0 saturated carbocycles. The minimum atomic E-state index is 0.865. The Morgan fingerprint density at radius 3 is 2.94 bits per heavy atom. The Hall–Kier alpha value is -0.620. The van der Waals surface area contributed by atoms with Crippen molar-refractivity contribution in [2.45, 2.75) is 26.4 Å². The highest BCUT2D eigenvalue weighted by Gasteiger charge is 2.07. The molecule has 0 spiro atoms. The van der Waals surface area contributed by atoms with Gasteiger partial charge >= 0.3 is 0 Å². The van der Waals surface area contributed by atoms with Crippen LogP contribution in [0.15, 0.2) is 24.3 Å². The molecule has 0 unspecified atom stereocenters. The third kappa shape index (κ3) is 2.98. The topological polar surface area (TPSA) is 29.9 Å². The molecule has 0 bridgehead atoms. The fraction of sp³-hybridized carbons (Fsp3) is 0.462. The van der Waals surface area contributed by atoms with Gasteiger partial charge in [-0.2, -0.15) is 5.10 Å². The lowest BCUT2D eigenvalue weighted by Gasteiger charge is -2.00. The Morgan fingerprint density at radius 1 is 1.35 bits per heavy atom. The Labute approximate surface area is 116 Å². The highest BCUT2D eigenvalue weighted by atomic mass is 127. The van der Waals surface area contributed by atoms with Crippen molar-refractivity contribution < 1.29 is 0 Å². The van der Waals surface area contributed by atoms with E-state index >= 15 is 0 Å². The monoisotopic (exact) mass is 343 g/mol. The maximum Gasteiger partial charge on any atom is 0.0841 e. The molecule has 0 aliphatic heterocycles. The van der Waals surface area contributed by atoms with E-state index in [9.17, 15) is 0 Å². The molecular weight excluding hydrogens is 325 g/mol. The number of nitrogens with zero attached hydrogens (tertiary/aromatic N) is 2. The normalized spacial score (nSPS) is 11.2. The number of alkyl halides is 1. The van der Waals surface area contributed by atoms with Gasteiger partial charge in [-0.15, -0.1) is 0 Å². The number of benzene rings is 1. The molecule has 1 heterocycles. The first-order valence-corrected chi connectivity index (χ1v) is 7.60. The van der Waals surface area contributed by atoms with Crippen LogP contribution in [0.2, 0.25) is 0 Å². The van der Waals surface area contributed by atoms with Crippen molar-refractivity contribution in [1.29, 1.82) is 0 Å². The zero-order valence-corrected chi connectivity index (χ0v) is 12.3. The number of aryl methyl sites for hydroxylation is 1. The SMILES string of the molecule is CCn1nc(CNCCCI)c2ccccc21. The largest absolute Gasteiger partial charge is 0.311 e. The number of hydrogen-bond donors (Lipinski definition) is 1. The van der Waals surface area contributed by atoms with Crippen molar-refractivity contribution in [3.8, 4) is 0 Å². The summed E-state index contributed by atoms with van der Waals surface area (Å²) in [7, 11) is 0. The van der Waals surface area contributed by atoms with Crippen molar-refractivity contribution in [2.75, 3.05) is 11.0 Å². The molecular formula is C13H18IN3. The fourth-order valence-corrected chi connectivity index (χ4v) is 2.35. The van der Waals surface area contributed by atoms with E-state index in [0.717, 1.165) is 25.3 Å². The van der Waals surface area contributed by atoms with Crippen LogP contribution < -0.4 is 5.32 Å². The van der Waals surface area contributed by atoms with Gasteiger partial charge in [0.1, 0.15) is 0 Å². The Balaban J connectivity index is 2.16. The molecule has 1 aromatic heterocycles. The van der Waals surface area contributed by atoms with Crippen LogP contribution in [0.5, 0.6) is 0 Å². The molecule has 0 fully saturated rings. The lowest BCUT2D eigenvalue weighted by atomic mass is 10.2. The standard InChI is InChI=1S/C13H18IN3/c1-2-17-13-7-4-3-6-11(13)12(16-17)10-15-9-5-8-14/h3-4,6-7,15H,2,5,8-10H2,1H3. The van der Waals surface area contributed by atoms with E-state index < -0.39 is 0 Å². The average molecular weight is 343 g/mol. The van der Waals surface area contributed by atoms with Crippen molar-refractivity contribution in [3.05, 3.63) is 30.0 Å². The van der Waals surface area contributed by atoms with Gasteiger partial charge in [-0.25, -0.2) is 0 Å². The van der Waals surface area contributed by atoms with Crippen LogP contribution in [-0.4, -0.2) is 20.8 Å². The summed E-state index contributed by atoms with van der Waals surface area (Å²) >= 11 is 2.41. The van der Waals surface area contributed by atoms with Crippen LogP contribution in [0.3, 0.4) is 0 Å². The maximum absolute atomic E-state index is 4.66. The van der Waals surface area contributed by atoms with E-state index in [0.29, 0.717) is 0 Å². The van der Waals surface area contributed by atoms with Crippen LogP contribution in [0.25, 0.3) is 10.9 Å². The van der Waals surface area contributed by atoms with Crippen molar-refractivity contribution >= 4 is 33.5 Å². The van der Waals surface area contributed by atoms with Crippen LogP contribution in [0.4, 0.5) is 0 Å². The van der Waals surface area contributed by atoms with E-state index in [1.807, 2.05) is 0 Å². The summed E-state index contributed by atoms with van der Waals surface area (Å²) in [5.41, 5.74) is 2.40. The maximum atomic E-state index is 4.66. The quantitative estimate of drug-likeness (QED) is 0.497. The molecule has 1 aromatic carbocycles. The molecule has 92 valence electrons. The van der Waals surface area contributed by atoms with E-state index in [1.165, 1.54) is 21.8 Å². The first-order valence-electron chi connectivity index (χ1n) is 6.08. The number of rotatable bonds is 6. The van der Waals surface area contributed by atoms with Crippen molar-refractivity contribution in [3.63, 3.8) is 0 Å². The molecule has 1 N–H and O–H groups in total. The predicted octanol–water partition coefficient (Wildman–Crippen LogP) is 2.97. The number of halogens is 1. The van der Waals surface area contributed by atoms with E-state index in [4.69, 9.17) is 0 Å². The lowest BCUT2D eigenvalue weighted by molar-refractivity contribution is 0.629. The summed E-state index contributed by atoms with van der Waals surface area (Å²) < 4.78 is 3.28. The van der Waals surface area contributed by atoms with Gasteiger partial charge in [0.2, 0.25) is 0 Å². The molecule has 3 nitrogen and oxygen atoms in total. The Morgan fingerprint density at radius 2 is 2.18 bits per heavy atom. The van der Waals surface area contributed by atoms with Gasteiger partial charge in [-0.05, 0) is 26.0 Å². The van der Waals surface area contributed by atoms with Crippen LogP contribution in [0.1, 0.15) is 19.0 Å². The number of aromatic nitrogens is 2. The molecule has 2 aromatic rings. The van der Waals surface area contributed by atoms with Gasteiger partial charge in [0, 0.05) is 22.9 Å². The zero-order chi connectivity index (χ0) is 12.1. The van der Waals surface area contributed by atoms with Gasteiger partial charge in [0.15, 0.2) is 0 Å². The summed E-state index contributed by atoms with van der Waals surface area (Å²) in [6.45, 7) is 4.99. The molecule has 0 amide bonds. The first-order chi connectivity index (χ1) is 8.36. The summed E-state index contributed by atoms with van der Waals surface area (Å²) in [5, 5.41) is 9.38. The third-order valence-electron chi connectivity index (χ3n) is 2.81. The summed E-state index contributed by atoms with van der Waals surface area (Å²) in [5.74, 6) is 0. The van der Waals surface area contributed by atoms with Crippen LogP contribution >= 0.6 is 22.6 Å². The molecule has 0 atom stereocenters. The average Bonchev–Trinajstić information content (AvgIpc) is 2.73. The minimum Gasteiger partial charge on any atom is -0.311 e. The van der Waals surface area contributed by atoms with Gasteiger partial charge < -0.3 is 5.32 Å². The second kappa shape index (κ2) is 6.35. The fourth-order valence-electron chi connectivity index (χ4n) is 1.97. The lowest BCUT2D eigenvalue weighted by Crippen LogP contribution is -2.15. The highest BCUT2D eigenvalue weighted by Crippen LogP contribution is 2.18. The third-order valence-corrected chi connectivity index (χ3v) is 3.58. The summed E-state index contributed by atoms with van der Waals surface area (Å²) in [6.07, 6.45) is 1.22. The van der Waals surface area contributed by atoms with Crippen molar-refractivity contribution in [2.24, 2.45) is 0 Å². The van der Waals surface area contributed by atoms with E-state index in [-0.39, 0.29) is 0 Å². The molecule has 2 rings (SSSR count). The predicted molar refractivity (Wildman–Crippen MR) is 80.6 cm³/mol. The second-order valence-corrected chi connectivity index (χ2v) is 5.08. The molecule has 0 aliphatic rings. The zero-order valence-electron chi connectivity index (χ0n) is 10.1. The Bertz CT molecular complexity index is 478. The van der Waals surface area contributed by atoms with Crippen LogP contribution in [0, 0.1) is 0 Å². The smallest absolute Gasteiger partial charge is 0.0841 e. The summed E-state index contributed by atoms with van der Waals surface area (Å²) in [6, 6.07) is 8.45. The number of fused-ring (bicyclic) bond motifs is 1. The number of nitrogens with one attached hydrogen (secondary N) is 1.